The summed E-state index contributed by atoms with van der Waals surface area (Å²) in [6.07, 6.45) is 2.54. The lowest BCUT2D eigenvalue weighted by Crippen LogP contribution is -2.08. The summed E-state index contributed by atoms with van der Waals surface area (Å²) in [6.45, 7) is 3.00. The lowest BCUT2D eigenvalue weighted by molar-refractivity contribution is 0.688. The van der Waals surface area contributed by atoms with Gasteiger partial charge in [0.15, 0.2) is 0 Å². The van der Waals surface area contributed by atoms with Gasteiger partial charge in [-0.1, -0.05) is 0 Å². The first-order valence-corrected chi connectivity index (χ1v) is 4.92. The molecule has 0 bridgehead atoms. The molecule has 0 radical (unpaired) electrons. The van der Waals surface area contributed by atoms with Crippen molar-refractivity contribution < 1.29 is 0 Å². The molecule has 60 valence electrons. The van der Waals surface area contributed by atoms with Crippen molar-refractivity contribution in [3.05, 3.63) is 21.4 Å². The van der Waals surface area contributed by atoms with Gasteiger partial charge < -0.3 is 5.73 Å². The third-order valence-corrected chi connectivity index (χ3v) is 3.54. The minimum atomic E-state index is 0.662. The van der Waals surface area contributed by atoms with E-state index in [2.05, 4.69) is 13.0 Å². The number of hydrogen-bond acceptors (Lipinski definition) is 2. The summed E-state index contributed by atoms with van der Waals surface area (Å²) in [5, 5.41) is 0. The van der Waals surface area contributed by atoms with Gasteiger partial charge in [-0.05, 0) is 43.9 Å². The maximum Gasteiger partial charge on any atom is 0.00835 e. The van der Waals surface area contributed by atoms with Crippen molar-refractivity contribution in [2.45, 2.75) is 25.7 Å². The highest BCUT2D eigenvalue weighted by Crippen LogP contribution is 2.37. The van der Waals surface area contributed by atoms with Crippen LogP contribution in [0.15, 0.2) is 6.07 Å². The lowest BCUT2D eigenvalue weighted by atomic mass is 10.0. The van der Waals surface area contributed by atoms with E-state index >= 15 is 0 Å². The van der Waals surface area contributed by atoms with Crippen molar-refractivity contribution in [1.29, 1.82) is 0 Å². The molecule has 0 amide bonds. The molecule has 1 aromatic rings. The van der Waals surface area contributed by atoms with Crippen LogP contribution in [0.25, 0.3) is 0 Å². The molecule has 2 heteroatoms. The zero-order chi connectivity index (χ0) is 7.84. The van der Waals surface area contributed by atoms with Crippen molar-refractivity contribution in [2.24, 2.45) is 5.73 Å². The molecule has 1 unspecified atom stereocenters. The topological polar surface area (TPSA) is 26.0 Å². The molecule has 1 heterocycles. The Morgan fingerprint density at radius 3 is 3.27 bits per heavy atom. The van der Waals surface area contributed by atoms with Crippen LogP contribution in [-0.2, 0) is 6.42 Å². The molecule has 2 N–H and O–H groups in total. The molecule has 1 nitrogen and oxygen atoms in total. The van der Waals surface area contributed by atoms with Gasteiger partial charge in [-0.3, -0.25) is 0 Å². The molecular weight excluding hydrogens is 154 g/mol. The second-order valence-electron chi connectivity index (χ2n) is 3.21. The van der Waals surface area contributed by atoms with Crippen LogP contribution in [-0.4, -0.2) is 6.54 Å². The van der Waals surface area contributed by atoms with E-state index in [0.717, 1.165) is 6.54 Å². The van der Waals surface area contributed by atoms with E-state index in [9.17, 15) is 0 Å². The standard InChI is InChI=1S/C9H13NS/c1-6-4-8-7(5-10)2-3-9(8)11-6/h4,7H,2-3,5,10H2,1H3. The fraction of sp³-hybridized carbons (Fsp3) is 0.556. The van der Waals surface area contributed by atoms with Crippen LogP contribution in [0.1, 0.15) is 27.7 Å². The molecule has 0 aliphatic heterocycles. The SMILES string of the molecule is Cc1cc2c(s1)CCC2CN. The maximum atomic E-state index is 5.66. The van der Waals surface area contributed by atoms with E-state index in [-0.39, 0.29) is 0 Å². The average molecular weight is 167 g/mol. The zero-order valence-corrected chi connectivity index (χ0v) is 7.58. The van der Waals surface area contributed by atoms with Crippen molar-refractivity contribution in [3.8, 4) is 0 Å². The highest BCUT2D eigenvalue weighted by Gasteiger charge is 2.22. The third kappa shape index (κ3) is 1.10. The first-order valence-electron chi connectivity index (χ1n) is 4.10. The molecule has 1 atom stereocenters. The Bertz CT molecular complexity index is 265. The van der Waals surface area contributed by atoms with Crippen molar-refractivity contribution >= 4 is 11.3 Å². The smallest absolute Gasteiger partial charge is 0.00835 e. The van der Waals surface area contributed by atoms with E-state index in [1.54, 1.807) is 4.88 Å². The number of aryl methyl sites for hydroxylation is 2. The van der Waals surface area contributed by atoms with Gasteiger partial charge in [0.05, 0.1) is 0 Å². The van der Waals surface area contributed by atoms with Gasteiger partial charge in [0.2, 0.25) is 0 Å². The Labute approximate surface area is 71.2 Å². The van der Waals surface area contributed by atoms with Gasteiger partial charge in [0.25, 0.3) is 0 Å². The number of fused-ring (bicyclic) bond motifs is 1. The largest absolute Gasteiger partial charge is 0.330 e. The van der Waals surface area contributed by atoms with Gasteiger partial charge in [-0.2, -0.15) is 0 Å². The molecule has 0 saturated heterocycles. The van der Waals surface area contributed by atoms with Crippen LogP contribution in [0, 0.1) is 6.92 Å². The van der Waals surface area contributed by atoms with Crippen LogP contribution in [0.5, 0.6) is 0 Å². The fourth-order valence-corrected chi connectivity index (χ4v) is 2.97. The fourth-order valence-electron chi connectivity index (χ4n) is 1.83. The summed E-state index contributed by atoms with van der Waals surface area (Å²) >= 11 is 1.94. The van der Waals surface area contributed by atoms with E-state index in [1.165, 1.54) is 23.3 Å². The average Bonchev–Trinajstić information content (AvgIpc) is 2.45. The minimum Gasteiger partial charge on any atom is -0.330 e. The van der Waals surface area contributed by atoms with Crippen LogP contribution in [0.3, 0.4) is 0 Å². The molecular formula is C9H13NS. The summed E-state index contributed by atoms with van der Waals surface area (Å²) in [5.41, 5.74) is 7.20. The Kier molecular flexibility index (Phi) is 1.74. The quantitative estimate of drug-likeness (QED) is 0.680. The number of hydrogen-bond donors (Lipinski definition) is 1. The van der Waals surface area contributed by atoms with E-state index in [0.29, 0.717) is 5.92 Å². The van der Waals surface area contributed by atoms with E-state index < -0.39 is 0 Å². The summed E-state index contributed by atoms with van der Waals surface area (Å²) in [5.74, 6) is 0.662. The normalized spacial score (nSPS) is 22.2. The van der Waals surface area contributed by atoms with Crippen molar-refractivity contribution in [1.82, 2.24) is 0 Å². The number of nitrogens with two attached hydrogens (primary N) is 1. The second kappa shape index (κ2) is 2.61. The van der Waals surface area contributed by atoms with Crippen LogP contribution in [0.4, 0.5) is 0 Å². The number of thiophene rings is 1. The van der Waals surface area contributed by atoms with Crippen LogP contribution < -0.4 is 5.73 Å². The molecule has 0 saturated carbocycles. The predicted molar refractivity (Wildman–Crippen MR) is 49.2 cm³/mol. The van der Waals surface area contributed by atoms with Gasteiger partial charge in [0, 0.05) is 9.75 Å². The lowest BCUT2D eigenvalue weighted by Gasteiger charge is -2.03. The summed E-state index contributed by atoms with van der Waals surface area (Å²) in [6, 6.07) is 2.31. The minimum absolute atomic E-state index is 0.662. The van der Waals surface area contributed by atoms with Crippen LogP contribution >= 0.6 is 11.3 Å². The summed E-state index contributed by atoms with van der Waals surface area (Å²) in [7, 11) is 0. The Morgan fingerprint density at radius 1 is 1.73 bits per heavy atom. The number of rotatable bonds is 1. The monoisotopic (exact) mass is 167 g/mol. The summed E-state index contributed by atoms with van der Waals surface area (Å²) in [4.78, 5) is 3.02. The van der Waals surface area contributed by atoms with E-state index in [4.69, 9.17) is 5.73 Å². The molecule has 2 rings (SSSR count). The highest BCUT2D eigenvalue weighted by atomic mass is 32.1. The molecule has 11 heavy (non-hydrogen) atoms. The first-order chi connectivity index (χ1) is 5.31. The molecule has 1 aliphatic carbocycles. The Balaban J connectivity index is 2.37. The maximum absolute atomic E-state index is 5.66. The first kappa shape index (κ1) is 7.32. The van der Waals surface area contributed by atoms with Gasteiger partial charge >= 0.3 is 0 Å². The van der Waals surface area contributed by atoms with Crippen molar-refractivity contribution in [2.75, 3.05) is 6.54 Å². The zero-order valence-electron chi connectivity index (χ0n) is 6.76. The van der Waals surface area contributed by atoms with Crippen LogP contribution in [0.2, 0.25) is 0 Å². The third-order valence-electron chi connectivity index (χ3n) is 2.41. The molecule has 0 fully saturated rings. The molecule has 0 aromatic carbocycles. The Hall–Kier alpha value is -0.340. The van der Waals surface area contributed by atoms with Gasteiger partial charge in [-0.15, -0.1) is 11.3 Å². The molecule has 1 aliphatic rings. The van der Waals surface area contributed by atoms with E-state index in [1.807, 2.05) is 11.3 Å². The Morgan fingerprint density at radius 2 is 2.55 bits per heavy atom. The molecule has 1 aromatic heterocycles. The second-order valence-corrected chi connectivity index (χ2v) is 4.55. The predicted octanol–water partition coefficient (Wildman–Crippen LogP) is 2.05. The summed E-state index contributed by atoms with van der Waals surface area (Å²) < 4.78 is 0. The highest BCUT2D eigenvalue weighted by molar-refractivity contribution is 7.12. The van der Waals surface area contributed by atoms with Gasteiger partial charge in [-0.25, -0.2) is 0 Å². The molecule has 0 spiro atoms. The van der Waals surface area contributed by atoms with Crippen molar-refractivity contribution in [3.63, 3.8) is 0 Å². The van der Waals surface area contributed by atoms with Gasteiger partial charge in [0.1, 0.15) is 0 Å².